The van der Waals surface area contributed by atoms with Gasteiger partial charge in [-0.15, -0.1) is 0 Å². The first-order valence-electron chi connectivity index (χ1n) is 9.94. The summed E-state index contributed by atoms with van der Waals surface area (Å²) in [6.45, 7) is 4.13. The first-order valence-corrected chi connectivity index (χ1v) is 10.7. The minimum absolute atomic E-state index is 0.206. The summed E-state index contributed by atoms with van der Waals surface area (Å²) in [6.07, 6.45) is 0.500. The van der Waals surface area contributed by atoms with Gasteiger partial charge >= 0.3 is 0 Å². The third-order valence-electron chi connectivity index (χ3n) is 4.76. The van der Waals surface area contributed by atoms with E-state index in [1.165, 1.54) is 0 Å². The molecular formula is C23H24BrN5O2. The number of ether oxygens (including phenoxy) is 1. The molecule has 0 saturated heterocycles. The van der Waals surface area contributed by atoms with Gasteiger partial charge in [0.25, 0.3) is 5.91 Å². The molecule has 0 spiro atoms. The van der Waals surface area contributed by atoms with Gasteiger partial charge in [0.15, 0.2) is 6.10 Å². The average Bonchev–Trinajstić information content (AvgIpc) is 3.08. The number of hydrogen-bond donors (Lipinski definition) is 2. The highest BCUT2D eigenvalue weighted by atomic mass is 79.9. The fraction of sp³-hybridized carbons (Fsp3) is 0.261. The van der Waals surface area contributed by atoms with Gasteiger partial charge in [0.1, 0.15) is 23.2 Å². The molecule has 3 aromatic rings. The molecule has 0 aliphatic heterocycles. The van der Waals surface area contributed by atoms with Crippen LogP contribution in [0.1, 0.15) is 30.2 Å². The summed E-state index contributed by atoms with van der Waals surface area (Å²) in [6, 6.07) is 17.3. The number of carbonyl (C=O) groups excluding carboxylic acids is 1. The quantitative estimate of drug-likeness (QED) is 0.474. The van der Waals surface area contributed by atoms with Crippen molar-refractivity contribution in [1.29, 1.82) is 5.26 Å². The summed E-state index contributed by atoms with van der Waals surface area (Å²) in [7, 11) is 0. The number of hydrogen-bond acceptors (Lipinski definition) is 5. The van der Waals surface area contributed by atoms with Gasteiger partial charge in [-0.25, -0.2) is 4.68 Å². The lowest BCUT2D eigenvalue weighted by Gasteiger charge is -2.16. The van der Waals surface area contributed by atoms with Gasteiger partial charge in [0.05, 0.1) is 15.9 Å². The lowest BCUT2D eigenvalue weighted by Crippen LogP contribution is -2.37. The Morgan fingerprint density at radius 2 is 2.06 bits per heavy atom. The van der Waals surface area contributed by atoms with Crippen molar-refractivity contribution < 1.29 is 9.53 Å². The average molecular weight is 482 g/mol. The zero-order valence-corrected chi connectivity index (χ0v) is 19.0. The number of rotatable bonds is 8. The van der Waals surface area contributed by atoms with Crippen molar-refractivity contribution in [3.63, 3.8) is 0 Å². The summed E-state index contributed by atoms with van der Waals surface area (Å²) >= 11 is 3.45. The van der Waals surface area contributed by atoms with Gasteiger partial charge < -0.3 is 15.8 Å². The first kappa shape index (κ1) is 22.4. The molecule has 8 heteroatoms. The summed E-state index contributed by atoms with van der Waals surface area (Å²) < 4.78 is 8.13. The Labute approximate surface area is 189 Å². The first-order chi connectivity index (χ1) is 14.9. The molecular weight excluding hydrogens is 458 g/mol. The lowest BCUT2D eigenvalue weighted by molar-refractivity contribution is -0.127. The van der Waals surface area contributed by atoms with Gasteiger partial charge in [-0.2, -0.15) is 10.4 Å². The Kier molecular flexibility index (Phi) is 7.32. The highest BCUT2D eigenvalue weighted by Crippen LogP contribution is 2.26. The van der Waals surface area contributed by atoms with Crippen LogP contribution in [0, 0.1) is 18.3 Å². The molecule has 1 amide bonds. The van der Waals surface area contributed by atoms with Crippen LogP contribution >= 0.6 is 15.9 Å². The number of nitrogens with zero attached hydrogens (tertiary/aromatic N) is 3. The summed E-state index contributed by atoms with van der Waals surface area (Å²) in [4.78, 5) is 12.4. The monoisotopic (exact) mass is 481 g/mol. The molecule has 0 fully saturated rings. The molecule has 0 bridgehead atoms. The van der Waals surface area contributed by atoms with E-state index in [2.05, 4.69) is 32.4 Å². The molecule has 0 saturated carbocycles. The number of halogens is 1. The number of amides is 1. The molecule has 7 nitrogen and oxygen atoms in total. The second kappa shape index (κ2) is 10.1. The molecule has 160 valence electrons. The van der Waals surface area contributed by atoms with E-state index in [9.17, 15) is 10.1 Å². The van der Waals surface area contributed by atoms with E-state index in [0.717, 1.165) is 15.7 Å². The highest BCUT2D eigenvalue weighted by molar-refractivity contribution is 9.10. The van der Waals surface area contributed by atoms with Crippen LogP contribution in [0.2, 0.25) is 0 Å². The molecule has 2 aromatic carbocycles. The number of nitriles is 1. The van der Waals surface area contributed by atoms with Crippen molar-refractivity contribution >= 4 is 27.7 Å². The molecule has 0 aliphatic rings. The summed E-state index contributed by atoms with van der Waals surface area (Å²) in [5.41, 5.74) is 9.01. The Balaban J connectivity index is 1.54. The van der Waals surface area contributed by atoms with Crippen LogP contribution in [0.3, 0.4) is 0 Å². The largest absolute Gasteiger partial charge is 0.480 e. The van der Waals surface area contributed by atoms with Crippen LogP contribution in [0.25, 0.3) is 5.69 Å². The lowest BCUT2D eigenvalue weighted by atomic mass is 10.1. The van der Waals surface area contributed by atoms with E-state index in [0.29, 0.717) is 42.2 Å². The van der Waals surface area contributed by atoms with Crippen LogP contribution in [-0.2, 0) is 11.2 Å². The number of nitrogens with two attached hydrogens (primary N) is 1. The highest BCUT2D eigenvalue weighted by Gasteiger charge is 2.18. The van der Waals surface area contributed by atoms with Gasteiger partial charge in [0, 0.05) is 6.54 Å². The van der Waals surface area contributed by atoms with Crippen LogP contribution in [0.4, 0.5) is 5.82 Å². The number of nitrogen functional groups attached to an aromatic ring is 1. The fourth-order valence-corrected chi connectivity index (χ4v) is 3.68. The second-order valence-corrected chi connectivity index (χ2v) is 8.01. The number of nitrogens with one attached hydrogen (secondary N) is 1. The van der Waals surface area contributed by atoms with Gasteiger partial charge in [-0.1, -0.05) is 24.3 Å². The van der Waals surface area contributed by atoms with E-state index in [1.54, 1.807) is 11.6 Å². The van der Waals surface area contributed by atoms with Crippen molar-refractivity contribution in [3.05, 3.63) is 69.8 Å². The van der Waals surface area contributed by atoms with E-state index >= 15 is 0 Å². The van der Waals surface area contributed by atoms with E-state index in [1.807, 2.05) is 55.5 Å². The second-order valence-electron chi connectivity index (χ2n) is 7.15. The van der Waals surface area contributed by atoms with E-state index in [4.69, 9.17) is 10.5 Å². The predicted octanol–water partition coefficient (Wildman–Crippen LogP) is 3.91. The molecule has 3 rings (SSSR count). The SMILES string of the molecule is Cc1ccc(OC(C)C(=O)NCCCc2nn(-c3ccccc3)c(N)c2C#N)c(Br)c1. The molecule has 1 atom stereocenters. The Hall–Kier alpha value is -3.31. The molecule has 3 N–H and O–H groups in total. The molecule has 0 radical (unpaired) electrons. The minimum Gasteiger partial charge on any atom is -0.480 e. The Morgan fingerprint density at radius 3 is 2.74 bits per heavy atom. The Bertz CT molecular complexity index is 1110. The number of benzene rings is 2. The van der Waals surface area contributed by atoms with Crippen LogP contribution < -0.4 is 15.8 Å². The fourth-order valence-electron chi connectivity index (χ4n) is 3.10. The minimum atomic E-state index is -0.637. The van der Waals surface area contributed by atoms with Gasteiger partial charge in [-0.3, -0.25) is 4.79 Å². The van der Waals surface area contributed by atoms with Crippen molar-refractivity contribution in [2.75, 3.05) is 12.3 Å². The molecule has 1 heterocycles. The van der Waals surface area contributed by atoms with Gasteiger partial charge in [0.2, 0.25) is 0 Å². The van der Waals surface area contributed by atoms with Crippen molar-refractivity contribution in [2.45, 2.75) is 32.8 Å². The third-order valence-corrected chi connectivity index (χ3v) is 5.38. The molecule has 1 aromatic heterocycles. The smallest absolute Gasteiger partial charge is 0.260 e. The third kappa shape index (κ3) is 5.44. The molecule has 0 aliphatic carbocycles. The number of para-hydroxylation sites is 1. The van der Waals surface area contributed by atoms with Crippen LogP contribution in [0.15, 0.2) is 53.0 Å². The van der Waals surface area contributed by atoms with Crippen molar-refractivity contribution in [2.24, 2.45) is 0 Å². The molecule has 31 heavy (non-hydrogen) atoms. The van der Waals surface area contributed by atoms with Crippen LogP contribution in [-0.4, -0.2) is 28.3 Å². The van der Waals surface area contributed by atoms with Crippen molar-refractivity contribution in [3.8, 4) is 17.5 Å². The standard InChI is InChI=1S/C23H24BrN5O2/c1-15-10-11-21(19(24)13-15)31-16(2)23(30)27-12-6-9-20-18(14-25)22(26)29(28-20)17-7-4-3-5-8-17/h3-5,7-8,10-11,13,16H,6,9,12,26H2,1-2H3,(H,27,30). The number of aryl methyl sites for hydroxylation is 2. The predicted molar refractivity (Wildman–Crippen MR) is 123 cm³/mol. The number of aromatic nitrogens is 2. The zero-order chi connectivity index (χ0) is 22.4. The summed E-state index contributed by atoms with van der Waals surface area (Å²) in [5, 5.41) is 16.9. The molecule has 1 unspecified atom stereocenters. The van der Waals surface area contributed by atoms with E-state index < -0.39 is 6.10 Å². The Morgan fingerprint density at radius 1 is 1.32 bits per heavy atom. The van der Waals surface area contributed by atoms with Gasteiger partial charge in [-0.05, 0) is 72.4 Å². The van der Waals surface area contributed by atoms with Crippen LogP contribution in [0.5, 0.6) is 5.75 Å². The maximum atomic E-state index is 12.4. The zero-order valence-electron chi connectivity index (χ0n) is 17.4. The maximum absolute atomic E-state index is 12.4. The number of anilines is 1. The van der Waals surface area contributed by atoms with Crippen molar-refractivity contribution in [1.82, 2.24) is 15.1 Å². The summed E-state index contributed by atoms with van der Waals surface area (Å²) in [5.74, 6) is 0.731. The topological polar surface area (TPSA) is 106 Å². The van der Waals surface area contributed by atoms with E-state index in [-0.39, 0.29) is 5.91 Å². The normalized spacial score (nSPS) is 11.5. The maximum Gasteiger partial charge on any atom is 0.260 e. The number of carbonyl (C=O) groups is 1.